The number of H-pyrrole nitrogens is 1. The number of nitrogens with zero attached hydrogens (tertiary/aromatic N) is 3. The molecule has 0 unspecified atom stereocenters. The van der Waals surface area contributed by atoms with E-state index in [0.29, 0.717) is 5.65 Å². The zero-order chi connectivity index (χ0) is 12.7. The number of aromatic amines is 1. The standard InChI is InChI=1S/C9H11N5O4/c15-1-4-7(16)13-9(18-4)14-3-12-5-6(14)10-2-11-8(5)17/h2-4,7,9,13,15-16H,1H2,(H,10,11,17)/t4-,7-,9-/m1/s1. The van der Waals surface area contributed by atoms with Gasteiger partial charge in [0.2, 0.25) is 0 Å². The molecular weight excluding hydrogens is 242 g/mol. The van der Waals surface area contributed by atoms with E-state index in [0.717, 1.165) is 0 Å². The number of aliphatic hydroxyl groups excluding tert-OH is 2. The highest BCUT2D eigenvalue weighted by atomic mass is 16.6. The summed E-state index contributed by atoms with van der Waals surface area (Å²) in [6.45, 7) is -0.314. The van der Waals surface area contributed by atoms with Gasteiger partial charge in [0.15, 0.2) is 17.5 Å². The van der Waals surface area contributed by atoms with E-state index in [1.54, 1.807) is 0 Å². The van der Waals surface area contributed by atoms with Gasteiger partial charge in [0.25, 0.3) is 5.56 Å². The lowest BCUT2D eigenvalue weighted by molar-refractivity contribution is -0.0441. The summed E-state index contributed by atoms with van der Waals surface area (Å²) >= 11 is 0. The number of nitrogens with one attached hydrogen (secondary N) is 2. The number of rotatable bonds is 2. The Morgan fingerprint density at radius 2 is 2.33 bits per heavy atom. The van der Waals surface area contributed by atoms with E-state index in [1.165, 1.54) is 17.2 Å². The third kappa shape index (κ3) is 1.61. The van der Waals surface area contributed by atoms with E-state index in [4.69, 9.17) is 9.84 Å². The Kier molecular flexibility index (Phi) is 2.59. The van der Waals surface area contributed by atoms with Crippen molar-refractivity contribution in [3.05, 3.63) is 23.0 Å². The fourth-order valence-corrected chi connectivity index (χ4v) is 1.86. The summed E-state index contributed by atoms with van der Waals surface area (Å²) in [6.07, 6.45) is 0.208. The van der Waals surface area contributed by atoms with Gasteiger partial charge < -0.3 is 19.9 Å². The van der Waals surface area contributed by atoms with Crippen LogP contribution in [0.2, 0.25) is 0 Å². The Bertz CT molecular complexity index is 623. The summed E-state index contributed by atoms with van der Waals surface area (Å²) in [5.74, 6) is 0. The minimum atomic E-state index is -0.987. The Labute approximate surface area is 100 Å². The lowest BCUT2D eigenvalue weighted by Gasteiger charge is -2.12. The lowest BCUT2D eigenvalue weighted by Crippen LogP contribution is -2.33. The van der Waals surface area contributed by atoms with Crippen molar-refractivity contribution >= 4 is 11.2 Å². The van der Waals surface area contributed by atoms with E-state index in [1.807, 2.05) is 0 Å². The zero-order valence-corrected chi connectivity index (χ0v) is 9.15. The molecule has 3 rings (SSSR count). The second-order valence-electron chi connectivity index (χ2n) is 3.88. The molecule has 96 valence electrons. The third-order valence-corrected chi connectivity index (χ3v) is 2.77. The first-order valence-electron chi connectivity index (χ1n) is 5.31. The van der Waals surface area contributed by atoms with Gasteiger partial charge in [0.05, 0.1) is 12.9 Å². The molecule has 3 atom stereocenters. The van der Waals surface area contributed by atoms with Crippen LogP contribution in [-0.4, -0.2) is 48.7 Å². The fourth-order valence-electron chi connectivity index (χ4n) is 1.86. The highest BCUT2D eigenvalue weighted by molar-refractivity contribution is 5.68. The van der Waals surface area contributed by atoms with Crippen molar-refractivity contribution in [1.29, 1.82) is 0 Å². The van der Waals surface area contributed by atoms with E-state index in [-0.39, 0.29) is 17.7 Å². The first-order valence-corrected chi connectivity index (χ1v) is 5.31. The maximum absolute atomic E-state index is 11.5. The summed E-state index contributed by atoms with van der Waals surface area (Å²) < 4.78 is 6.85. The predicted molar refractivity (Wildman–Crippen MR) is 58.3 cm³/mol. The van der Waals surface area contributed by atoms with Gasteiger partial charge in [-0.1, -0.05) is 0 Å². The molecule has 0 aromatic carbocycles. The van der Waals surface area contributed by atoms with Gasteiger partial charge in [-0.25, -0.2) is 15.3 Å². The summed E-state index contributed by atoms with van der Waals surface area (Å²) in [5, 5.41) is 21.3. The van der Waals surface area contributed by atoms with Crippen molar-refractivity contribution in [1.82, 2.24) is 24.8 Å². The number of imidazole rings is 1. The molecule has 0 bridgehead atoms. The van der Waals surface area contributed by atoms with Crippen LogP contribution in [0.25, 0.3) is 11.2 Å². The predicted octanol–water partition coefficient (Wildman–Crippen LogP) is -2.13. The van der Waals surface area contributed by atoms with E-state index >= 15 is 0 Å². The SMILES string of the molecule is O=c1[nH]cnc2c1ncn2[C@H]1N[C@H](O)[C@@H](CO)O1. The highest BCUT2D eigenvalue weighted by Crippen LogP contribution is 2.20. The highest BCUT2D eigenvalue weighted by Gasteiger charge is 2.34. The minimum Gasteiger partial charge on any atom is -0.394 e. The number of hydrogen-bond donors (Lipinski definition) is 4. The van der Waals surface area contributed by atoms with Crippen LogP contribution in [0.1, 0.15) is 6.35 Å². The van der Waals surface area contributed by atoms with Gasteiger partial charge in [-0.2, -0.15) is 0 Å². The van der Waals surface area contributed by atoms with Crippen LogP contribution >= 0.6 is 0 Å². The van der Waals surface area contributed by atoms with Crippen LogP contribution in [0.5, 0.6) is 0 Å². The Morgan fingerprint density at radius 3 is 3.06 bits per heavy atom. The summed E-state index contributed by atoms with van der Waals surface area (Å²) in [7, 11) is 0. The topological polar surface area (TPSA) is 125 Å². The van der Waals surface area contributed by atoms with E-state index < -0.39 is 18.7 Å². The zero-order valence-electron chi connectivity index (χ0n) is 9.15. The molecule has 0 aliphatic carbocycles. The van der Waals surface area contributed by atoms with Crippen LogP contribution in [0.4, 0.5) is 0 Å². The van der Waals surface area contributed by atoms with Crippen LogP contribution in [0.15, 0.2) is 17.4 Å². The normalized spacial score (nSPS) is 28.0. The number of aromatic nitrogens is 4. The molecule has 0 radical (unpaired) electrons. The molecule has 4 N–H and O–H groups in total. The molecule has 0 amide bonds. The molecule has 9 heteroatoms. The van der Waals surface area contributed by atoms with Crippen molar-refractivity contribution in [3.8, 4) is 0 Å². The molecule has 3 heterocycles. The lowest BCUT2D eigenvalue weighted by atomic mass is 10.3. The van der Waals surface area contributed by atoms with Gasteiger partial charge >= 0.3 is 0 Å². The molecule has 9 nitrogen and oxygen atoms in total. The molecular formula is C9H11N5O4. The summed E-state index contributed by atoms with van der Waals surface area (Å²) in [5.41, 5.74) is 0.169. The smallest absolute Gasteiger partial charge is 0.278 e. The second-order valence-corrected chi connectivity index (χ2v) is 3.88. The molecule has 2 aromatic heterocycles. The molecule has 1 fully saturated rings. The van der Waals surface area contributed by atoms with Gasteiger partial charge in [0, 0.05) is 0 Å². The molecule has 0 saturated carbocycles. The number of aliphatic hydroxyl groups is 2. The van der Waals surface area contributed by atoms with Gasteiger partial charge in [-0.3, -0.25) is 9.36 Å². The molecule has 1 aliphatic heterocycles. The average Bonchev–Trinajstić information content (AvgIpc) is 2.93. The summed E-state index contributed by atoms with van der Waals surface area (Å²) in [4.78, 5) is 21.8. The number of ether oxygens (including phenoxy) is 1. The van der Waals surface area contributed by atoms with E-state index in [2.05, 4.69) is 20.3 Å². The monoisotopic (exact) mass is 253 g/mol. The number of fused-ring (bicyclic) bond motifs is 1. The van der Waals surface area contributed by atoms with Gasteiger partial charge in [-0.15, -0.1) is 0 Å². The Hall–Kier alpha value is -1.81. The van der Waals surface area contributed by atoms with Crippen molar-refractivity contribution in [2.24, 2.45) is 0 Å². The molecule has 0 spiro atoms. The second kappa shape index (κ2) is 4.14. The van der Waals surface area contributed by atoms with Gasteiger partial charge in [0.1, 0.15) is 18.7 Å². The summed E-state index contributed by atoms with van der Waals surface area (Å²) in [6, 6.07) is 0. The van der Waals surface area contributed by atoms with Crippen LogP contribution in [0.3, 0.4) is 0 Å². The minimum absolute atomic E-state index is 0.185. The van der Waals surface area contributed by atoms with Crippen LogP contribution in [0, 0.1) is 0 Å². The fraction of sp³-hybridized carbons (Fsp3) is 0.444. The molecule has 1 aliphatic rings. The van der Waals surface area contributed by atoms with Crippen molar-refractivity contribution in [3.63, 3.8) is 0 Å². The molecule has 2 aromatic rings. The largest absolute Gasteiger partial charge is 0.394 e. The molecule has 1 saturated heterocycles. The van der Waals surface area contributed by atoms with Crippen molar-refractivity contribution < 1.29 is 14.9 Å². The van der Waals surface area contributed by atoms with Crippen molar-refractivity contribution in [2.75, 3.05) is 6.61 Å². The van der Waals surface area contributed by atoms with Crippen LogP contribution < -0.4 is 10.9 Å². The third-order valence-electron chi connectivity index (χ3n) is 2.77. The Balaban J connectivity index is 2.01. The van der Waals surface area contributed by atoms with Crippen molar-refractivity contribution in [2.45, 2.75) is 18.7 Å². The first kappa shape index (κ1) is 11.3. The van der Waals surface area contributed by atoms with Gasteiger partial charge in [-0.05, 0) is 0 Å². The van der Waals surface area contributed by atoms with E-state index in [9.17, 15) is 9.90 Å². The molecule has 18 heavy (non-hydrogen) atoms. The maximum atomic E-state index is 11.5. The first-order chi connectivity index (χ1) is 8.70. The van der Waals surface area contributed by atoms with Crippen LogP contribution in [-0.2, 0) is 4.74 Å². The number of hydrogen-bond acceptors (Lipinski definition) is 7. The quantitative estimate of drug-likeness (QED) is 0.482. The Morgan fingerprint density at radius 1 is 1.50 bits per heavy atom. The maximum Gasteiger partial charge on any atom is 0.278 e. The average molecular weight is 253 g/mol.